The summed E-state index contributed by atoms with van der Waals surface area (Å²) in [5, 5.41) is 13.6. The van der Waals surface area contributed by atoms with Gasteiger partial charge in [0, 0.05) is 21.9 Å². The molecule has 3 heteroatoms. The molecule has 146 valence electrons. The van der Waals surface area contributed by atoms with Crippen LogP contribution in [-0.4, -0.2) is 6.04 Å². The van der Waals surface area contributed by atoms with Crippen LogP contribution in [0.3, 0.4) is 0 Å². The van der Waals surface area contributed by atoms with E-state index in [1.165, 1.54) is 0 Å². The Morgan fingerprint density at radius 3 is 2.62 bits per heavy atom. The Labute approximate surface area is 178 Å². The SMILES string of the molecule is C=Cc1c(C(=C)NC(Cc2ccccc2)C(=C)C#N)cc(Cl)c2c1C(=C)CCC2. The molecule has 0 saturated heterocycles. The van der Waals surface area contributed by atoms with E-state index in [1.54, 1.807) is 0 Å². The van der Waals surface area contributed by atoms with Gasteiger partial charge in [-0.05, 0) is 59.6 Å². The highest BCUT2D eigenvalue weighted by atomic mass is 35.5. The monoisotopic (exact) mass is 400 g/mol. The fourth-order valence-corrected chi connectivity index (χ4v) is 4.20. The third-order valence-corrected chi connectivity index (χ3v) is 5.74. The van der Waals surface area contributed by atoms with Crippen LogP contribution in [0.25, 0.3) is 17.3 Å². The lowest BCUT2D eigenvalue weighted by Crippen LogP contribution is -2.31. The number of benzene rings is 2. The maximum Gasteiger partial charge on any atom is 0.0962 e. The first kappa shape index (κ1) is 20.7. The summed E-state index contributed by atoms with van der Waals surface area (Å²) in [6.07, 6.45) is 5.44. The summed E-state index contributed by atoms with van der Waals surface area (Å²) < 4.78 is 0. The summed E-state index contributed by atoms with van der Waals surface area (Å²) in [7, 11) is 0. The van der Waals surface area contributed by atoms with E-state index in [-0.39, 0.29) is 6.04 Å². The van der Waals surface area contributed by atoms with Gasteiger partial charge in [-0.15, -0.1) is 0 Å². The van der Waals surface area contributed by atoms with Crippen molar-refractivity contribution in [2.24, 2.45) is 0 Å². The highest BCUT2D eigenvalue weighted by Gasteiger charge is 2.23. The largest absolute Gasteiger partial charge is 0.377 e. The summed E-state index contributed by atoms with van der Waals surface area (Å²) in [6.45, 7) is 16.5. The minimum Gasteiger partial charge on any atom is -0.377 e. The minimum atomic E-state index is -0.259. The number of hydrogen-bond donors (Lipinski definition) is 1. The molecule has 2 nitrogen and oxygen atoms in total. The van der Waals surface area contributed by atoms with E-state index < -0.39 is 0 Å². The number of nitrogens with one attached hydrogen (secondary N) is 1. The molecule has 0 heterocycles. The van der Waals surface area contributed by atoms with Crippen molar-refractivity contribution in [2.75, 3.05) is 0 Å². The van der Waals surface area contributed by atoms with Crippen LogP contribution in [0.2, 0.25) is 5.02 Å². The lowest BCUT2D eigenvalue weighted by molar-refractivity contribution is 0.690. The number of nitrogens with zero attached hydrogens (tertiary/aromatic N) is 1. The molecule has 2 aromatic carbocycles. The first-order valence-corrected chi connectivity index (χ1v) is 10.1. The van der Waals surface area contributed by atoms with Gasteiger partial charge in [0.1, 0.15) is 0 Å². The van der Waals surface area contributed by atoms with Gasteiger partial charge in [0.05, 0.1) is 12.1 Å². The molecule has 1 aliphatic rings. The number of allylic oxidation sites excluding steroid dienone is 1. The van der Waals surface area contributed by atoms with Crippen molar-refractivity contribution < 1.29 is 0 Å². The average Bonchev–Trinajstić information content (AvgIpc) is 2.73. The Bertz CT molecular complexity index is 1020. The van der Waals surface area contributed by atoms with E-state index in [1.807, 2.05) is 42.5 Å². The van der Waals surface area contributed by atoms with Crippen LogP contribution in [0, 0.1) is 11.3 Å². The molecule has 2 aromatic rings. The molecule has 0 fully saturated rings. The first-order valence-electron chi connectivity index (χ1n) is 9.70. The predicted molar refractivity (Wildman–Crippen MR) is 124 cm³/mol. The van der Waals surface area contributed by atoms with Gasteiger partial charge in [0.25, 0.3) is 0 Å². The van der Waals surface area contributed by atoms with E-state index in [4.69, 9.17) is 11.6 Å². The number of hydrogen-bond acceptors (Lipinski definition) is 2. The molecule has 0 radical (unpaired) electrons. The first-order chi connectivity index (χ1) is 14.0. The minimum absolute atomic E-state index is 0.259. The van der Waals surface area contributed by atoms with Crippen LogP contribution in [0.15, 0.2) is 68.3 Å². The van der Waals surface area contributed by atoms with Crippen molar-refractivity contribution in [2.45, 2.75) is 31.7 Å². The number of rotatable bonds is 7. The summed E-state index contributed by atoms with van der Waals surface area (Å²) in [5.74, 6) is 0. The molecule has 1 N–H and O–H groups in total. The van der Waals surface area contributed by atoms with E-state index >= 15 is 0 Å². The molecule has 0 spiro atoms. The second-order valence-corrected chi connectivity index (χ2v) is 7.74. The van der Waals surface area contributed by atoms with Gasteiger partial charge in [-0.25, -0.2) is 0 Å². The standard InChI is InChI=1S/C26H25ClN2/c1-5-21-23(15-24(27)22-13-9-10-17(2)26(21)22)19(4)29-25(18(3)16-28)14-20-11-7-6-8-12-20/h5-8,11-12,15,25,29H,1-4,9-10,13-14H2. The molecule has 0 saturated carbocycles. The van der Waals surface area contributed by atoms with Gasteiger partial charge >= 0.3 is 0 Å². The molecule has 0 aromatic heterocycles. The third-order valence-electron chi connectivity index (χ3n) is 5.40. The highest BCUT2D eigenvalue weighted by molar-refractivity contribution is 6.32. The fraction of sp³-hybridized carbons (Fsp3) is 0.192. The van der Waals surface area contributed by atoms with E-state index in [9.17, 15) is 5.26 Å². The van der Waals surface area contributed by atoms with E-state index in [0.717, 1.165) is 57.7 Å². The van der Waals surface area contributed by atoms with Gasteiger partial charge in [0.15, 0.2) is 0 Å². The predicted octanol–water partition coefficient (Wildman–Crippen LogP) is 6.58. The zero-order chi connectivity index (χ0) is 21.0. The third kappa shape index (κ3) is 4.36. The van der Waals surface area contributed by atoms with Crippen LogP contribution in [0.4, 0.5) is 0 Å². The Balaban J connectivity index is 1.96. The summed E-state index contributed by atoms with van der Waals surface area (Å²) in [4.78, 5) is 0. The Kier molecular flexibility index (Phi) is 6.42. The molecule has 3 rings (SSSR count). The van der Waals surface area contributed by atoms with Crippen LogP contribution >= 0.6 is 11.6 Å². The molecule has 29 heavy (non-hydrogen) atoms. The zero-order valence-electron chi connectivity index (χ0n) is 16.6. The Morgan fingerprint density at radius 1 is 1.24 bits per heavy atom. The molecule has 0 bridgehead atoms. The van der Waals surface area contributed by atoms with Gasteiger partial charge < -0.3 is 5.32 Å². The Hall–Kier alpha value is -3.02. The van der Waals surface area contributed by atoms with Crippen LogP contribution in [0.5, 0.6) is 0 Å². The molecule has 0 aliphatic heterocycles. The lowest BCUT2D eigenvalue weighted by atomic mass is 9.82. The Morgan fingerprint density at radius 2 is 1.97 bits per heavy atom. The van der Waals surface area contributed by atoms with Crippen molar-refractivity contribution in [1.82, 2.24) is 5.32 Å². The van der Waals surface area contributed by atoms with Crippen molar-refractivity contribution in [3.63, 3.8) is 0 Å². The molecule has 1 unspecified atom stereocenters. The number of fused-ring (bicyclic) bond motifs is 1. The van der Waals surface area contributed by atoms with Crippen LogP contribution < -0.4 is 5.32 Å². The summed E-state index contributed by atoms with van der Waals surface area (Å²) in [5.41, 5.74) is 7.47. The number of nitriles is 1. The second-order valence-electron chi connectivity index (χ2n) is 7.34. The highest BCUT2D eigenvalue weighted by Crippen LogP contribution is 2.40. The smallest absolute Gasteiger partial charge is 0.0962 e. The molecule has 1 aliphatic carbocycles. The van der Waals surface area contributed by atoms with E-state index in [0.29, 0.717) is 17.7 Å². The van der Waals surface area contributed by atoms with E-state index in [2.05, 4.69) is 37.7 Å². The topological polar surface area (TPSA) is 35.8 Å². The maximum absolute atomic E-state index is 9.44. The normalized spacial score (nSPS) is 13.7. The van der Waals surface area contributed by atoms with Crippen molar-refractivity contribution in [3.05, 3.63) is 101 Å². The fourth-order valence-electron chi connectivity index (χ4n) is 3.90. The van der Waals surface area contributed by atoms with Gasteiger partial charge in [0.2, 0.25) is 0 Å². The van der Waals surface area contributed by atoms with Gasteiger partial charge in [-0.3, -0.25) is 0 Å². The molecule has 1 atom stereocenters. The van der Waals surface area contributed by atoms with Crippen molar-refractivity contribution >= 4 is 28.9 Å². The van der Waals surface area contributed by atoms with Gasteiger partial charge in [-0.1, -0.05) is 74.3 Å². The molecular formula is C26H25ClN2. The summed E-state index contributed by atoms with van der Waals surface area (Å²) in [6, 6.07) is 13.9. The quantitative estimate of drug-likeness (QED) is 0.532. The lowest BCUT2D eigenvalue weighted by Gasteiger charge is -2.27. The van der Waals surface area contributed by atoms with Crippen LogP contribution in [-0.2, 0) is 12.8 Å². The maximum atomic E-state index is 9.44. The van der Waals surface area contributed by atoms with Crippen molar-refractivity contribution in [1.29, 1.82) is 5.26 Å². The molecular weight excluding hydrogens is 376 g/mol. The number of halogens is 1. The summed E-state index contributed by atoms with van der Waals surface area (Å²) >= 11 is 6.63. The second kappa shape index (κ2) is 8.99. The van der Waals surface area contributed by atoms with Gasteiger partial charge in [-0.2, -0.15) is 5.26 Å². The van der Waals surface area contributed by atoms with Crippen molar-refractivity contribution in [3.8, 4) is 6.07 Å². The molecule has 0 amide bonds. The zero-order valence-corrected chi connectivity index (χ0v) is 17.4. The average molecular weight is 401 g/mol. The van der Waals surface area contributed by atoms with Crippen LogP contribution in [0.1, 0.15) is 40.7 Å².